The fourth-order valence-corrected chi connectivity index (χ4v) is 3.36. The van der Waals surface area contributed by atoms with Crippen molar-refractivity contribution >= 4 is 5.91 Å². The molecule has 20 heavy (non-hydrogen) atoms. The zero-order chi connectivity index (χ0) is 14.6. The maximum Gasteiger partial charge on any atom is 0.221 e. The van der Waals surface area contributed by atoms with Gasteiger partial charge in [-0.05, 0) is 46.7 Å². The maximum absolute atomic E-state index is 12.2. The molecule has 4 heteroatoms. The lowest BCUT2D eigenvalue weighted by Crippen LogP contribution is -2.49. The molecule has 0 spiro atoms. The number of hydrogen-bond donors (Lipinski definition) is 2. The number of carbonyl (C=O) groups is 1. The van der Waals surface area contributed by atoms with Crippen LogP contribution in [0.25, 0.3) is 0 Å². The molecule has 0 aromatic carbocycles. The lowest BCUT2D eigenvalue weighted by Gasteiger charge is -2.37. The lowest BCUT2D eigenvalue weighted by molar-refractivity contribution is -0.123. The second-order valence-electron chi connectivity index (χ2n) is 6.82. The number of carbonyl (C=O) groups excluding carboxylic acids is 1. The highest BCUT2D eigenvalue weighted by molar-refractivity contribution is 5.77. The molecule has 2 aliphatic rings. The molecule has 4 nitrogen and oxygen atoms in total. The zero-order valence-corrected chi connectivity index (χ0v) is 13.4. The molecule has 2 rings (SSSR count). The van der Waals surface area contributed by atoms with Crippen molar-refractivity contribution in [2.75, 3.05) is 20.6 Å². The van der Waals surface area contributed by atoms with E-state index in [0.717, 1.165) is 25.4 Å². The van der Waals surface area contributed by atoms with Gasteiger partial charge in [-0.1, -0.05) is 19.3 Å². The first kappa shape index (κ1) is 15.8. The molecule has 1 atom stereocenters. The summed E-state index contributed by atoms with van der Waals surface area (Å²) in [6.45, 7) is 2.97. The third-order valence-corrected chi connectivity index (χ3v) is 5.25. The summed E-state index contributed by atoms with van der Waals surface area (Å²) >= 11 is 0. The molecule has 2 saturated carbocycles. The van der Waals surface area contributed by atoms with Crippen LogP contribution in [0, 0.1) is 0 Å². The van der Waals surface area contributed by atoms with Gasteiger partial charge in [-0.15, -0.1) is 0 Å². The van der Waals surface area contributed by atoms with Gasteiger partial charge in [-0.3, -0.25) is 9.69 Å². The quantitative estimate of drug-likeness (QED) is 0.749. The predicted molar refractivity (Wildman–Crippen MR) is 82.7 cm³/mol. The first-order chi connectivity index (χ1) is 9.56. The molecule has 0 aromatic rings. The minimum absolute atomic E-state index is 0.0496. The summed E-state index contributed by atoms with van der Waals surface area (Å²) in [7, 11) is 4.17. The van der Waals surface area contributed by atoms with Crippen LogP contribution in [0.15, 0.2) is 0 Å². The standard InChI is InChI=1S/C16H31N3O/c1-13(19(3)14-7-8-14)12-18-15(20)11-16(17-2)9-5-4-6-10-16/h13-14,17H,4-12H2,1-3H3,(H,18,20). The van der Waals surface area contributed by atoms with Gasteiger partial charge in [-0.2, -0.15) is 0 Å². The normalized spacial score (nSPS) is 23.6. The number of hydrogen-bond acceptors (Lipinski definition) is 3. The van der Waals surface area contributed by atoms with Crippen LogP contribution < -0.4 is 10.6 Å². The summed E-state index contributed by atoms with van der Waals surface area (Å²) in [5.74, 6) is 0.206. The maximum atomic E-state index is 12.2. The van der Waals surface area contributed by atoms with E-state index in [1.54, 1.807) is 0 Å². The topological polar surface area (TPSA) is 44.4 Å². The van der Waals surface area contributed by atoms with Crippen LogP contribution in [-0.2, 0) is 4.79 Å². The predicted octanol–water partition coefficient (Wildman–Crippen LogP) is 1.90. The van der Waals surface area contributed by atoms with E-state index in [-0.39, 0.29) is 11.4 Å². The van der Waals surface area contributed by atoms with E-state index in [4.69, 9.17) is 0 Å². The monoisotopic (exact) mass is 281 g/mol. The Hall–Kier alpha value is -0.610. The molecular weight excluding hydrogens is 250 g/mol. The molecule has 0 aromatic heterocycles. The molecule has 116 valence electrons. The van der Waals surface area contributed by atoms with Crippen molar-refractivity contribution in [3.63, 3.8) is 0 Å². The first-order valence-corrected chi connectivity index (χ1v) is 8.24. The number of nitrogens with zero attached hydrogens (tertiary/aromatic N) is 1. The smallest absolute Gasteiger partial charge is 0.221 e. The Kier molecular flexibility index (Phi) is 5.44. The van der Waals surface area contributed by atoms with E-state index in [1.807, 2.05) is 7.05 Å². The molecule has 1 amide bonds. The van der Waals surface area contributed by atoms with E-state index in [0.29, 0.717) is 12.5 Å². The fourth-order valence-electron chi connectivity index (χ4n) is 3.36. The van der Waals surface area contributed by atoms with Gasteiger partial charge in [0.25, 0.3) is 0 Å². The summed E-state index contributed by atoms with van der Waals surface area (Å²) in [4.78, 5) is 14.6. The van der Waals surface area contributed by atoms with Crippen molar-refractivity contribution in [1.29, 1.82) is 0 Å². The van der Waals surface area contributed by atoms with Gasteiger partial charge in [0.1, 0.15) is 0 Å². The Bertz CT molecular complexity index is 322. The van der Waals surface area contributed by atoms with Crippen molar-refractivity contribution in [2.24, 2.45) is 0 Å². The second-order valence-corrected chi connectivity index (χ2v) is 6.82. The first-order valence-electron chi connectivity index (χ1n) is 8.24. The van der Waals surface area contributed by atoms with E-state index in [2.05, 4.69) is 29.5 Å². The molecule has 0 heterocycles. The van der Waals surface area contributed by atoms with Crippen molar-refractivity contribution < 1.29 is 4.79 Å². The summed E-state index contributed by atoms with van der Waals surface area (Å²) in [6, 6.07) is 1.19. The molecule has 0 bridgehead atoms. The number of amides is 1. The van der Waals surface area contributed by atoms with Gasteiger partial charge >= 0.3 is 0 Å². The number of likely N-dealkylation sites (N-methyl/N-ethyl adjacent to an activating group) is 1. The summed E-state index contributed by atoms with van der Waals surface area (Å²) in [5, 5.41) is 6.55. The van der Waals surface area contributed by atoms with Crippen molar-refractivity contribution in [3.8, 4) is 0 Å². The van der Waals surface area contributed by atoms with Gasteiger partial charge in [0.15, 0.2) is 0 Å². The van der Waals surface area contributed by atoms with Gasteiger partial charge < -0.3 is 10.6 Å². The van der Waals surface area contributed by atoms with Crippen LogP contribution in [0.2, 0.25) is 0 Å². The summed E-state index contributed by atoms with van der Waals surface area (Å²) < 4.78 is 0. The van der Waals surface area contributed by atoms with Crippen LogP contribution in [0.4, 0.5) is 0 Å². The minimum atomic E-state index is 0.0496. The fraction of sp³-hybridized carbons (Fsp3) is 0.938. The largest absolute Gasteiger partial charge is 0.354 e. The third-order valence-electron chi connectivity index (χ3n) is 5.25. The average molecular weight is 281 g/mol. The van der Waals surface area contributed by atoms with Gasteiger partial charge in [0.2, 0.25) is 5.91 Å². The molecule has 2 aliphatic carbocycles. The molecular formula is C16H31N3O. The highest BCUT2D eigenvalue weighted by atomic mass is 16.1. The summed E-state index contributed by atoms with van der Waals surface area (Å²) in [6.07, 6.45) is 9.33. The van der Waals surface area contributed by atoms with Crippen molar-refractivity contribution in [1.82, 2.24) is 15.5 Å². The second kappa shape index (κ2) is 6.90. The molecule has 2 N–H and O–H groups in total. The van der Waals surface area contributed by atoms with Crippen LogP contribution in [0.1, 0.15) is 58.3 Å². The van der Waals surface area contributed by atoms with E-state index in [1.165, 1.54) is 32.1 Å². The molecule has 2 fully saturated rings. The van der Waals surface area contributed by atoms with E-state index < -0.39 is 0 Å². The Labute approximate surface area is 123 Å². The van der Waals surface area contributed by atoms with Crippen LogP contribution >= 0.6 is 0 Å². The summed E-state index contributed by atoms with van der Waals surface area (Å²) in [5.41, 5.74) is 0.0496. The van der Waals surface area contributed by atoms with E-state index >= 15 is 0 Å². The molecule has 1 unspecified atom stereocenters. The molecule has 0 aliphatic heterocycles. The van der Waals surface area contributed by atoms with Crippen molar-refractivity contribution in [2.45, 2.75) is 75.9 Å². The number of nitrogens with one attached hydrogen (secondary N) is 2. The average Bonchev–Trinajstić information content (AvgIpc) is 3.29. The van der Waals surface area contributed by atoms with Gasteiger partial charge in [0.05, 0.1) is 0 Å². The molecule has 0 saturated heterocycles. The highest BCUT2D eigenvalue weighted by Crippen LogP contribution is 2.30. The van der Waals surface area contributed by atoms with Gasteiger partial charge in [-0.25, -0.2) is 0 Å². The third kappa shape index (κ3) is 4.19. The Morgan fingerprint density at radius 2 is 1.95 bits per heavy atom. The van der Waals surface area contributed by atoms with Crippen molar-refractivity contribution in [3.05, 3.63) is 0 Å². The Balaban J connectivity index is 1.73. The molecule has 0 radical (unpaired) electrons. The van der Waals surface area contributed by atoms with Crippen LogP contribution in [0.3, 0.4) is 0 Å². The van der Waals surface area contributed by atoms with Gasteiger partial charge in [0, 0.05) is 30.6 Å². The lowest BCUT2D eigenvalue weighted by atomic mass is 9.79. The zero-order valence-electron chi connectivity index (χ0n) is 13.4. The van der Waals surface area contributed by atoms with Crippen LogP contribution in [0.5, 0.6) is 0 Å². The van der Waals surface area contributed by atoms with Crippen LogP contribution in [-0.4, -0.2) is 49.1 Å². The Morgan fingerprint density at radius 3 is 2.50 bits per heavy atom. The highest BCUT2D eigenvalue weighted by Gasteiger charge is 2.33. The SMILES string of the molecule is CNC1(CC(=O)NCC(C)N(C)C2CC2)CCCCC1. The Morgan fingerprint density at radius 1 is 1.30 bits per heavy atom. The minimum Gasteiger partial charge on any atom is -0.354 e. The number of rotatable bonds is 7. The van der Waals surface area contributed by atoms with E-state index in [9.17, 15) is 4.79 Å².